The van der Waals surface area contributed by atoms with Gasteiger partial charge in [0.05, 0.1) is 24.8 Å². The van der Waals surface area contributed by atoms with E-state index in [1.165, 1.54) is 26.2 Å². The summed E-state index contributed by atoms with van der Waals surface area (Å²) in [6, 6.07) is 0. The van der Waals surface area contributed by atoms with E-state index in [0.29, 0.717) is 10.6 Å². The highest BCUT2D eigenvalue weighted by molar-refractivity contribution is 8.02. The van der Waals surface area contributed by atoms with E-state index in [0.717, 1.165) is 0 Å². The molecule has 0 aromatic rings. The molecule has 1 aliphatic heterocycles. The first-order valence-corrected chi connectivity index (χ1v) is 6.41. The summed E-state index contributed by atoms with van der Waals surface area (Å²) in [5, 5.41) is 4.33. The molecule has 0 atom stereocenters. The van der Waals surface area contributed by atoms with E-state index in [2.05, 4.69) is 14.6 Å². The molecule has 0 aliphatic carbocycles. The molecule has 0 fully saturated rings. The Hall–Kier alpha value is -1.50. The lowest BCUT2D eigenvalue weighted by Gasteiger charge is -2.19. The summed E-state index contributed by atoms with van der Waals surface area (Å²) < 4.78 is 10.9. The average molecular weight is 286 g/mol. The van der Waals surface area contributed by atoms with Crippen molar-refractivity contribution >= 4 is 29.6 Å². The van der Waals surface area contributed by atoms with Crippen molar-refractivity contribution in [3.8, 4) is 0 Å². The minimum atomic E-state index is -0.721. The molecule has 0 spiro atoms. The minimum Gasteiger partial charge on any atom is -0.465 e. The SMILES string of the molecule is COC(=O)C(C(=O)OC)=C1SN(C)N=C1C(C)(C)C. The van der Waals surface area contributed by atoms with Gasteiger partial charge in [-0.05, 0) is 0 Å². The summed E-state index contributed by atoms with van der Waals surface area (Å²) in [6.45, 7) is 5.87. The van der Waals surface area contributed by atoms with Gasteiger partial charge in [-0.15, -0.1) is 0 Å². The lowest BCUT2D eigenvalue weighted by molar-refractivity contribution is -0.144. The third-order valence-electron chi connectivity index (χ3n) is 2.40. The van der Waals surface area contributed by atoms with E-state index in [1.807, 2.05) is 20.8 Å². The number of hydrazone groups is 1. The highest BCUT2D eigenvalue weighted by Gasteiger charge is 2.37. The van der Waals surface area contributed by atoms with Crippen LogP contribution in [0, 0.1) is 5.41 Å². The molecule has 106 valence electrons. The van der Waals surface area contributed by atoms with Crippen LogP contribution in [0.2, 0.25) is 0 Å². The van der Waals surface area contributed by atoms with E-state index in [1.54, 1.807) is 11.5 Å². The van der Waals surface area contributed by atoms with Crippen molar-refractivity contribution in [1.29, 1.82) is 0 Å². The number of carbonyl (C=O) groups excluding carboxylic acids is 2. The second kappa shape index (κ2) is 5.64. The van der Waals surface area contributed by atoms with E-state index < -0.39 is 11.9 Å². The van der Waals surface area contributed by atoms with Crippen LogP contribution in [0.5, 0.6) is 0 Å². The van der Waals surface area contributed by atoms with Crippen molar-refractivity contribution in [3.05, 3.63) is 10.5 Å². The van der Waals surface area contributed by atoms with Crippen molar-refractivity contribution in [2.24, 2.45) is 10.5 Å². The zero-order valence-corrected chi connectivity index (χ0v) is 12.8. The molecule has 0 aromatic carbocycles. The van der Waals surface area contributed by atoms with Gasteiger partial charge in [0.1, 0.15) is 0 Å². The minimum absolute atomic E-state index is 0.118. The normalized spacial score (nSPS) is 15.2. The van der Waals surface area contributed by atoms with Crippen LogP contribution in [-0.2, 0) is 19.1 Å². The first kappa shape index (κ1) is 15.6. The molecule has 7 heteroatoms. The summed E-state index contributed by atoms with van der Waals surface area (Å²) >= 11 is 1.20. The molecular formula is C12H18N2O4S. The highest BCUT2D eigenvalue weighted by Crippen LogP contribution is 2.38. The van der Waals surface area contributed by atoms with Crippen LogP contribution in [0.4, 0.5) is 0 Å². The fourth-order valence-corrected chi connectivity index (χ4v) is 2.59. The topological polar surface area (TPSA) is 68.2 Å². The number of allylic oxidation sites excluding steroid dienone is 1. The quantitative estimate of drug-likeness (QED) is 0.252. The summed E-state index contributed by atoms with van der Waals surface area (Å²) in [6.07, 6.45) is 0. The maximum absolute atomic E-state index is 11.8. The second-order valence-electron chi connectivity index (χ2n) is 4.94. The molecule has 0 radical (unpaired) electrons. The first-order valence-electron chi connectivity index (χ1n) is 5.64. The van der Waals surface area contributed by atoms with Gasteiger partial charge in [0, 0.05) is 24.4 Å². The molecule has 1 aliphatic rings. The predicted octanol–water partition coefficient (Wildman–Crippen LogP) is 1.58. The summed E-state index contributed by atoms with van der Waals surface area (Å²) in [7, 11) is 4.20. The van der Waals surface area contributed by atoms with Crippen LogP contribution >= 0.6 is 11.9 Å². The maximum atomic E-state index is 11.8. The summed E-state index contributed by atoms with van der Waals surface area (Å²) in [5.41, 5.74) is 0.235. The van der Waals surface area contributed by atoms with Gasteiger partial charge in [-0.25, -0.2) is 14.0 Å². The Morgan fingerprint density at radius 3 is 2.00 bits per heavy atom. The lowest BCUT2D eigenvalue weighted by atomic mass is 9.88. The third-order valence-corrected chi connectivity index (χ3v) is 3.32. The fourth-order valence-electron chi connectivity index (χ4n) is 1.51. The van der Waals surface area contributed by atoms with Gasteiger partial charge < -0.3 is 9.47 Å². The largest absolute Gasteiger partial charge is 0.465 e. The molecule has 0 saturated heterocycles. The molecule has 6 nitrogen and oxygen atoms in total. The molecule has 0 amide bonds. The van der Waals surface area contributed by atoms with Crippen molar-refractivity contribution < 1.29 is 19.1 Å². The van der Waals surface area contributed by atoms with Gasteiger partial charge in [-0.2, -0.15) is 5.10 Å². The summed E-state index contributed by atoms with van der Waals surface area (Å²) in [4.78, 5) is 24.1. The van der Waals surface area contributed by atoms with Gasteiger partial charge in [0.2, 0.25) is 0 Å². The van der Waals surface area contributed by atoms with Crippen LogP contribution < -0.4 is 0 Å². The number of esters is 2. The first-order chi connectivity index (χ1) is 8.72. The number of methoxy groups -OCH3 is 2. The molecule has 0 bridgehead atoms. The molecule has 0 unspecified atom stereocenters. The molecule has 0 saturated carbocycles. The van der Waals surface area contributed by atoms with Crippen molar-refractivity contribution in [1.82, 2.24) is 4.41 Å². The zero-order chi connectivity index (χ0) is 14.8. The zero-order valence-electron chi connectivity index (χ0n) is 11.9. The molecular weight excluding hydrogens is 268 g/mol. The number of nitrogens with zero attached hydrogens (tertiary/aromatic N) is 2. The van der Waals surface area contributed by atoms with Gasteiger partial charge >= 0.3 is 11.9 Å². The smallest absolute Gasteiger partial charge is 0.346 e. The number of hydrogen-bond acceptors (Lipinski definition) is 7. The number of rotatable bonds is 2. The Morgan fingerprint density at radius 1 is 1.16 bits per heavy atom. The Morgan fingerprint density at radius 2 is 1.63 bits per heavy atom. The van der Waals surface area contributed by atoms with E-state index in [-0.39, 0.29) is 11.0 Å². The van der Waals surface area contributed by atoms with Crippen LogP contribution in [-0.4, -0.2) is 43.3 Å². The van der Waals surface area contributed by atoms with Crippen LogP contribution in [0.1, 0.15) is 20.8 Å². The Kier molecular flexibility index (Phi) is 4.62. The highest BCUT2D eigenvalue weighted by atomic mass is 32.2. The maximum Gasteiger partial charge on any atom is 0.346 e. The Balaban J connectivity index is 3.41. The molecule has 0 aromatic heterocycles. The number of carbonyl (C=O) groups is 2. The van der Waals surface area contributed by atoms with Crippen molar-refractivity contribution in [2.45, 2.75) is 20.8 Å². The lowest BCUT2D eigenvalue weighted by Crippen LogP contribution is -2.25. The van der Waals surface area contributed by atoms with Crippen molar-refractivity contribution in [3.63, 3.8) is 0 Å². The Labute approximate surface area is 116 Å². The molecule has 1 rings (SSSR count). The fraction of sp³-hybridized carbons (Fsp3) is 0.583. The molecule has 1 heterocycles. The van der Waals surface area contributed by atoms with Gasteiger partial charge in [-0.1, -0.05) is 20.8 Å². The molecule has 19 heavy (non-hydrogen) atoms. The Bertz CT molecular complexity index is 445. The average Bonchev–Trinajstić information content (AvgIpc) is 2.70. The molecule has 0 N–H and O–H groups in total. The summed E-state index contributed by atoms with van der Waals surface area (Å²) in [5.74, 6) is -1.44. The van der Waals surface area contributed by atoms with Crippen molar-refractivity contribution in [2.75, 3.05) is 21.3 Å². The number of ether oxygens (including phenoxy) is 2. The van der Waals surface area contributed by atoms with Crippen LogP contribution in [0.25, 0.3) is 0 Å². The van der Waals surface area contributed by atoms with Crippen LogP contribution in [0.3, 0.4) is 0 Å². The van der Waals surface area contributed by atoms with E-state index in [9.17, 15) is 9.59 Å². The van der Waals surface area contributed by atoms with Crippen LogP contribution in [0.15, 0.2) is 15.6 Å². The van der Waals surface area contributed by atoms with E-state index >= 15 is 0 Å². The predicted molar refractivity (Wildman–Crippen MR) is 73.3 cm³/mol. The van der Waals surface area contributed by atoms with Gasteiger partial charge in [-0.3, -0.25) is 0 Å². The van der Waals surface area contributed by atoms with Gasteiger partial charge in [0.15, 0.2) is 5.57 Å². The third kappa shape index (κ3) is 3.28. The second-order valence-corrected chi connectivity index (χ2v) is 6.06. The monoisotopic (exact) mass is 286 g/mol. The number of hydrogen-bond donors (Lipinski definition) is 0. The van der Waals surface area contributed by atoms with Gasteiger partial charge in [0.25, 0.3) is 0 Å². The van der Waals surface area contributed by atoms with E-state index in [4.69, 9.17) is 0 Å². The standard InChI is InChI=1S/C12H18N2O4S/c1-12(2,3)9-8(19-14(4)13-9)7(10(15)17-5)11(16)18-6/h1-6H3.